The normalized spacial score (nSPS) is 16.5. The lowest BCUT2D eigenvalue weighted by Crippen LogP contribution is -2.38. The second-order valence-corrected chi connectivity index (χ2v) is 6.13. The van der Waals surface area contributed by atoms with Gasteiger partial charge in [-0.1, -0.05) is 11.6 Å². The summed E-state index contributed by atoms with van der Waals surface area (Å²) in [6, 6.07) is 5.52. The van der Waals surface area contributed by atoms with Gasteiger partial charge in [-0.15, -0.1) is 0 Å². The Hall–Kier alpha value is -0.740. The van der Waals surface area contributed by atoms with Crippen molar-refractivity contribution in [3.63, 3.8) is 0 Å². The fourth-order valence-corrected chi connectivity index (χ4v) is 3.01. The van der Waals surface area contributed by atoms with E-state index in [2.05, 4.69) is 15.9 Å². The molecule has 0 unspecified atom stereocenters. The number of carbonyl (C=O) groups is 1. The molecule has 2 rings (SSSR count). The number of hydrogen-bond acceptors (Lipinski definition) is 2. The Morgan fingerprint density at radius 3 is 2.74 bits per heavy atom. The van der Waals surface area contributed by atoms with Crippen LogP contribution in [0.5, 0.6) is 5.75 Å². The zero-order valence-electron chi connectivity index (χ0n) is 10.9. The van der Waals surface area contributed by atoms with Crippen molar-refractivity contribution < 1.29 is 9.53 Å². The van der Waals surface area contributed by atoms with Gasteiger partial charge in [-0.25, -0.2) is 0 Å². The molecule has 0 aliphatic carbocycles. The van der Waals surface area contributed by atoms with Crippen molar-refractivity contribution in [1.29, 1.82) is 0 Å². The number of rotatable bonds is 3. The zero-order chi connectivity index (χ0) is 13.8. The molecule has 0 aromatic heterocycles. The molecule has 104 valence electrons. The number of nitrogens with zero attached hydrogens (tertiary/aromatic N) is 1. The minimum absolute atomic E-state index is 0.166. The molecule has 1 heterocycles. The van der Waals surface area contributed by atoms with Gasteiger partial charge >= 0.3 is 0 Å². The highest BCUT2D eigenvalue weighted by Gasteiger charge is 2.21. The molecule has 19 heavy (non-hydrogen) atoms. The van der Waals surface area contributed by atoms with E-state index in [1.54, 1.807) is 6.92 Å². The Labute approximate surface area is 127 Å². The lowest BCUT2D eigenvalue weighted by Gasteiger charge is -2.31. The molecule has 0 radical (unpaired) electrons. The second kappa shape index (κ2) is 6.62. The summed E-state index contributed by atoms with van der Waals surface area (Å²) in [5.74, 6) is 1.50. The predicted octanol–water partition coefficient (Wildman–Crippen LogP) is 3.74. The summed E-state index contributed by atoms with van der Waals surface area (Å²) < 4.78 is 6.69. The minimum atomic E-state index is 0.166. The van der Waals surface area contributed by atoms with Gasteiger partial charge in [0.25, 0.3) is 0 Å². The highest BCUT2D eigenvalue weighted by Crippen LogP contribution is 2.29. The molecule has 1 aliphatic heterocycles. The fourth-order valence-electron chi connectivity index (χ4n) is 2.21. The van der Waals surface area contributed by atoms with Crippen LogP contribution in [0.4, 0.5) is 0 Å². The van der Waals surface area contributed by atoms with E-state index in [0.717, 1.165) is 36.2 Å². The first-order chi connectivity index (χ1) is 9.06. The van der Waals surface area contributed by atoms with Crippen LogP contribution in [-0.2, 0) is 4.79 Å². The first kappa shape index (κ1) is 14.7. The van der Waals surface area contributed by atoms with E-state index in [0.29, 0.717) is 17.5 Å². The molecule has 1 aliphatic rings. The van der Waals surface area contributed by atoms with Crippen LogP contribution in [0.15, 0.2) is 22.7 Å². The number of amides is 1. The number of hydrogen-bond donors (Lipinski definition) is 0. The Morgan fingerprint density at radius 1 is 1.47 bits per heavy atom. The Balaban J connectivity index is 1.82. The Morgan fingerprint density at radius 2 is 2.16 bits per heavy atom. The second-order valence-electron chi connectivity index (χ2n) is 4.84. The summed E-state index contributed by atoms with van der Waals surface area (Å²) in [5.41, 5.74) is 0. The third kappa shape index (κ3) is 4.11. The van der Waals surface area contributed by atoms with E-state index in [9.17, 15) is 4.79 Å². The molecule has 1 aromatic rings. The standard InChI is InChI=1S/C14H17BrClNO2/c1-10(18)17-6-4-11(5-7-17)9-19-14-3-2-12(16)8-13(14)15/h2-3,8,11H,4-7,9H2,1H3. The molecule has 0 atom stereocenters. The highest BCUT2D eigenvalue weighted by atomic mass is 79.9. The van der Waals surface area contributed by atoms with Crippen molar-refractivity contribution in [3.8, 4) is 5.75 Å². The number of carbonyl (C=O) groups excluding carboxylic acids is 1. The number of halogens is 2. The molecule has 5 heteroatoms. The van der Waals surface area contributed by atoms with Crippen LogP contribution in [0, 0.1) is 5.92 Å². The summed E-state index contributed by atoms with van der Waals surface area (Å²) in [6.07, 6.45) is 2.01. The van der Waals surface area contributed by atoms with Crippen molar-refractivity contribution in [2.45, 2.75) is 19.8 Å². The number of ether oxygens (including phenoxy) is 1. The van der Waals surface area contributed by atoms with Crippen LogP contribution >= 0.6 is 27.5 Å². The van der Waals surface area contributed by atoms with Crippen LogP contribution < -0.4 is 4.74 Å². The van der Waals surface area contributed by atoms with Crippen LogP contribution in [-0.4, -0.2) is 30.5 Å². The van der Waals surface area contributed by atoms with E-state index in [1.807, 2.05) is 23.1 Å². The van der Waals surface area contributed by atoms with Crippen molar-refractivity contribution in [2.24, 2.45) is 5.92 Å². The fraction of sp³-hybridized carbons (Fsp3) is 0.500. The molecular weight excluding hydrogens is 330 g/mol. The van der Waals surface area contributed by atoms with Gasteiger partial charge in [0, 0.05) is 25.0 Å². The van der Waals surface area contributed by atoms with Gasteiger partial charge in [0.15, 0.2) is 0 Å². The molecular formula is C14H17BrClNO2. The maximum Gasteiger partial charge on any atom is 0.219 e. The summed E-state index contributed by atoms with van der Waals surface area (Å²) in [4.78, 5) is 13.1. The zero-order valence-corrected chi connectivity index (χ0v) is 13.2. The van der Waals surface area contributed by atoms with Crippen molar-refractivity contribution in [3.05, 3.63) is 27.7 Å². The van der Waals surface area contributed by atoms with Crippen molar-refractivity contribution >= 4 is 33.4 Å². The van der Waals surface area contributed by atoms with Gasteiger partial charge in [0.1, 0.15) is 5.75 Å². The van der Waals surface area contributed by atoms with E-state index in [-0.39, 0.29) is 5.91 Å². The quantitative estimate of drug-likeness (QED) is 0.834. The molecule has 0 saturated carbocycles. The van der Waals surface area contributed by atoms with Crippen LogP contribution in [0.2, 0.25) is 5.02 Å². The average molecular weight is 347 g/mol. The summed E-state index contributed by atoms with van der Waals surface area (Å²) in [7, 11) is 0. The third-order valence-electron chi connectivity index (χ3n) is 3.43. The number of likely N-dealkylation sites (tertiary alicyclic amines) is 1. The molecule has 0 bridgehead atoms. The van der Waals surface area contributed by atoms with Gasteiger partial charge in [-0.2, -0.15) is 0 Å². The van der Waals surface area contributed by atoms with Gasteiger partial charge in [-0.3, -0.25) is 4.79 Å². The molecule has 3 nitrogen and oxygen atoms in total. The van der Waals surface area contributed by atoms with Gasteiger partial charge in [0.2, 0.25) is 5.91 Å². The largest absolute Gasteiger partial charge is 0.492 e. The van der Waals surface area contributed by atoms with E-state index in [1.165, 1.54) is 0 Å². The molecule has 1 saturated heterocycles. The Bertz CT molecular complexity index is 459. The predicted molar refractivity (Wildman–Crippen MR) is 79.6 cm³/mol. The lowest BCUT2D eigenvalue weighted by atomic mass is 9.98. The summed E-state index contributed by atoms with van der Waals surface area (Å²) in [6.45, 7) is 3.99. The molecule has 0 spiro atoms. The molecule has 1 amide bonds. The number of piperidine rings is 1. The smallest absolute Gasteiger partial charge is 0.219 e. The van der Waals surface area contributed by atoms with Crippen molar-refractivity contribution in [2.75, 3.05) is 19.7 Å². The van der Waals surface area contributed by atoms with E-state index in [4.69, 9.17) is 16.3 Å². The lowest BCUT2D eigenvalue weighted by molar-refractivity contribution is -0.130. The highest BCUT2D eigenvalue weighted by molar-refractivity contribution is 9.10. The summed E-state index contributed by atoms with van der Waals surface area (Å²) in [5, 5.41) is 0.689. The maximum atomic E-state index is 11.2. The van der Waals surface area contributed by atoms with Crippen LogP contribution in [0.3, 0.4) is 0 Å². The van der Waals surface area contributed by atoms with Gasteiger partial charge in [0.05, 0.1) is 11.1 Å². The Kier molecular flexibility index (Phi) is 5.11. The molecule has 0 N–H and O–H groups in total. The molecule has 1 aromatic carbocycles. The number of benzene rings is 1. The monoisotopic (exact) mass is 345 g/mol. The van der Waals surface area contributed by atoms with E-state index < -0.39 is 0 Å². The first-order valence-electron chi connectivity index (χ1n) is 6.39. The summed E-state index contributed by atoms with van der Waals surface area (Å²) >= 11 is 9.33. The van der Waals surface area contributed by atoms with Crippen molar-refractivity contribution in [1.82, 2.24) is 4.90 Å². The minimum Gasteiger partial charge on any atom is -0.492 e. The average Bonchev–Trinajstić information content (AvgIpc) is 2.38. The van der Waals surface area contributed by atoms with Gasteiger partial charge < -0.3 is 9.64 Å². The van der Waals surface area contributed by atoms with Crippen LogP contribution in [0.1, 0.15) is 19.8 Å². The van der Waals surface area contributed by atoms with E-state index >= 15 is 0 Å². The third-order valence-corrected chi connectivity index (χ3v) is 4.28. The SMILES string of the molecule is CC(=O)N1CCC(COc2ccc(Cl)cc2Br)CC1. The van der Waals surface area contributed by atoms with Crippen LogP contribution in [0.25, 0.3) is 0 Å². The first-order valence-corrected chi connectivity index (χ1v) is 7.56. The van der Waals surface area contributed by atoms with Gasteiger partial charge in [-0.05, 0) is 52.9 Å². The maximum absolute atomic E-state index is 11.2. The topological polar surface area (TPSA) is 29.5 Å². The molecule has 1 fully saturated rings.